The lowest BCUT2D eigenvalue weighted by atomic mass is 10.3. The Morgan fingerprint density at radius 1 is 1.31 bits per heavy atom. The highest BCUT2D eigenvalue weighted by Crippen LogP contribution is 2.23. The number of para-hydroxylation sites is 2. The molecule has 0 spiro atoms. The van der Waals surface area contributed by atoms with Gasteiger partial charge in [-0.3, -0.25) is 9.36 Å². The zero-order valence-corrected chi connectivity index (χ0v) is 14.2. The molecule has 1 N–H and O–H groups in total. The second kappa shape index (κ2) is 6.55. The largest absolute Gasteiger partial charge is 0.494 e. The Kier molecular flexibility index (Phi) is 4.08. The van der Waals surface area contributed by atoms with Crippen molar-refractivity contribution in [2.24, 2.45) is 0 Å². The first-order valence-electron chi connectivity index (χ1n) is 8.34. The number of carbonyl (C=O) groups is 1. The van der Waals surface area contributed by atoms with Gasteiger partial charge >= 0.3 is 5.69 Å². The third-order valence-electron chi connectivity index (χ3n) is 4.16. The second-order valence-electron chi connectivity index (χ2n) is 6.10. The molecule has 0 unspecified atom stereocenters. The van der Waals surface area contributed by atoms with E-state index in [9.17, 15) is 9.59 Å². The van der Waals surface area contributed by atoms with Gasteiger partial charge in [0.05, 0.1) is 13.4 Å². The highest BCUT2D eigenvalue weighted by molar-refractivity contribution is 5.77. The monoisotopic (exact) mass is 354 g/mol. The standard InChI is InChI=1S/C18H18N4O4/c1-25-14-6-3-2-5-13(14)22-18(24)21(11-16(23)19-12-8-9-12)17(20-22)15-7-4-10-26-15/h2-7,10,12H,8-9,11H2,1H3,(H,19,23). The minimum absolute atomic E-state index is 0.124. The van der Waals surface area contributed by atoms with Crippen LogP contribution in [0.3, 0.4) is 0 Å². The van der Waals surface area contributed by atoms with Gasteiger partial charge in [-0.25, -0.2) is 4.79 Å². The van der Waals surface area contributed by atoms with Crippen LogP contribution in [0.25, 0.3) is 17.3 Å². The molecule has 26 heavy (non-hydrogen) atoms. The van der Waals surface area contributed by atoms with E-state index in [1.54, 1.807) is 36.4 Å². The zero-order chi connectivity index (χ0) is 18.1. The van der Waals surface area contributed by atoms with Crippen LogP contribution in [-0.2, 0) is 11.3 Å². The van der Waals surface area contributed by atoms with Crippen LogP contribution in [0.1, 0.15) is 12.8 Å². The SMILES string of the molecule is COc1ccccc1-n1nc(-c2ccco2)n(CC(=O)NC2CC2)c1=O. The van der Waals surface area contributed by atoms with Crippen molar-refractivity contribution < 1.29 is 13.9 Å². The topological polar surface area (TPSA) is 91.3 Å². The van der Waals surface area contributed by atoms with E-state index in [0.717, 1.165) is 12.8 Å². The van der Waals surface area contributed by atoms with Crippen LogP contribution in [0.5, 0.6) is 5.75 Å². The highest BCUT2D eigenvalue weighted by Gasteiger charge is 2.26. The number of aromatic nitrogens is 3. The van der Waals surface area contributed by atoms with Gasteiger partial charge in [0.15, 0.2) is 5.76 Å². The van der Waals surface area contributed by atoms with Gasteiger partial charge in [-0.1, -0.05) is 12.1 Å². The molecule has 3 aromatic rings. The van der Waals surface area contributed by atoms with Crippen molar-refractivity contribution >= 4 is 5.91 Å². The molecule has 8 heteroatoms. The fraction of sp³-hybridized carbons (Fsp3) is 0.278. The van der Waals surface area contributed by atoms with Gasteiger partial charge in [-0.2, -0.15) is 4.68 Å². The molecular weight excluding hydrogens is 336 g/mol. The second-order valence-corrected chi connectivity index (χ2v) is 6.10. The number of hydrogen-bond donors (Lipinski definition) is 1. The first kappa shape index (κ1) is 16.2. The summed E-state index contributed by atoms with van der Waals surface area (Å²) in [5.74, 6) is 0.987. The summed E-state index contributed by atoms with van der Waals surface area (Å²) in [6, 6.07) is 10.7. The Labute approximate surface area is 149 Å². The van der Waals surface area contributed by atoms with Crippen LogP contribution in [0, 0.1) is 0 Å². The molecular formula is C18H18N4O4. The first-order chi connectivity index (χ1) is 12.7. The molecule has 0 aliphatic heterocycles. The summed E-state index contributed by atoms with van der Waals surface area (Å²) in [4.78, 5) is 25.2. The highest BCUT2D eigenvalue weighted by atomic mass is 16.5. The Bertz CT molecular complexity index is 983. The number of hydrogen-bond acceptors (Lipinski definition) is 5. The summed E-state index contributed by atoms with van der Waals surface area (Å²) in [7, 11) is 1.53. The van der Waals surface area contributed by atoms with E-state index in [1.807, 2.05) is 0 Å². The van der Waals surface area contributed by atoms with Gasteiger partial charge in [-0.05, 0) is 37.1 Å². The van der Waals surface area contributed by atoms with E-state index in [2.05, 4.69) is 10.4 Å². The minimum atomic E-state index is -0.438. The number of methoxy groups -OCH3 is 1. The van der Waals surface area contributed by atoms with Crippen molar-refractivity contribution in [1.82, 2.24) is 19.7 Å². The van der Waals surface area contributed by atoms with Gasteiger partial charge < -0.3 is 14.5 Å². The van der Waals surface area contributed by atoms with Crippen LogP contribution in [0.2, 0.25) is 0 Å². The number of benzene rings is 1. The Morgan fingerprint density at radius 2 is 2.12 bits per heavy atom. The van der Waals surface area contributed by atoms with E-state index in [-0.39, 0.29) is 24.3 Å². The third kappa shape index (κ3) is 3.01. The average molecular weight is 354 g/mol. The van der Waals surface area contributed by atoms with Crippen LogP contribution in [-0.4, -0.2) is 33.4 Å². The summed E-state index contributed by atoms with van der Waals surface area (Å²) in [6.07, 6.45) is 3.45. The third-order valence-corrected chi connectivity index (χ3v) is 4.16. The number of carbonyl (C=O) groups excluding carboxylic acids is 1. The molecule has 1 saturated carbocycles. The van der Waals surface area contributed by atoms with Gasteiger partial charge in [-0.15, -0.1) is 5.10 Å². The average Bonchev–Trinajstić information content (AvgIpc) is 3.17. The Balaban J connectivity index is 1.79. The zero-order valence-electron chi connectivity index (χ0n) is 14.2. The molecule has 1 amide bonds. The lowest BCUT2D eigenvalue weighted by molar-refractivity contribution is -0.121. The van der Waals surface area contributed by atoms with Gasteiger partial charge in [0.1, 0.15) is 18.0 Å². The molecule has 4 rings (SSSR count). The minimum Gasteiger partial charge on any atom is -0.494 e. The van der Waals surface area contributed by atoms with Crippen LogP contribution in [0.4, 0.5) is 0 Å². The smallest absolute Gasteiger partial charge is 0.351 e. The molecule has 0 bridgehead atoms. The number of nitrogens with zero attached hydrogens (tertiary/aromatic N) is 3. The van der Waals surface area contributed by atoms with Crippen LogP contribution in [0.15, 0.2) is 51.9 Å². The maximum Gasteiger partial charge on any atom is 0.351 e. The number of ether oxygens (including phenoxy) is 1. The number of nitrogens with one attached hydrogen (secondary N) is 1. The van der Waals surface area contributed by atoms with Gasteiger partial charge in [0.25, 0.3) is 0 Å². The first-order valence-corrected chi connectivity index (χ1v) is 8.34. The fourth-order valence-electron chi connectivity index (χ4n) is 2.73. The normalized spacial score (nSPS) is 13.6. The molecule has 1 aromatic carbocycles. The Hall–Kier alpha value is -3.29. The fourth-order valence-corrected chi connectivity index (χ4v) is 2.73. The van der Waals surface area contributed by atoms with E-state index in [4.69, 9.17) is 9.15 Å². The molecule has 0 atom stereocenters. The lowest BCUT2D eigenvalue weighted by Crippen LogP contribution is -2.34. The number of furan rings is 1. The molecule has 0 radical (unpaired) electrons. The molecule has 2 aromatic heterocycles. The van der Waals surface area contributed by atoms with Gasteiger partial charge in [0, 0.05) is 6.04 Å². The Morgan fingerprint density at radius 3 is 2.81 bits per heavy atom. The number of amides is 1. The summed E-state index contributed by atoms with van der Waals surface area (Å²) < 4.78 is 13.3. The van der Waals surface area contributed by atoms with Crippen molar-refractivity contribution in [3.63, 3.8) is 0 Å². The van der Waals surface area contributed by atoms with Crippen LogP contribution < -0.4 is 15.7 Å². The van der Waals surface area contributed by atoms with E-state index in [0.29, 0.717) is 17.2 Å². The maximum absolute atomic E-state index is 13.0. The molecule has 1 fully saturated rings. The van der Waals surface area contributed by atoms with Gasteiger partial charge in [0.2, 0.25) is 11.7 Å². The molecule has 1 aliphatic carbocycles. The summed E-state index contributed by atoms with van der Waals surface area (Å²) in [6.45, 7) is -0.124. The van der Waals surface area contributed by atoms with Crippen molar-refractivity contribution in [2.45, 2.75) is 25.4 Å². The summed E-state index contributed by atoms with van der Waals surface area (Å²) in [5, 5.41) is 7.27. The van der Waals surface area contributed by atoms with Crippen molar-refractivity contribution in [3.8, 4) is 23.0 Å². The number of rotatable bonds is 6. The summed E-state index contributed by atoms with van der Waals surface area (Å²) in [5.41, 5.74) is 0.0565. The van der Waals surface area contributed by atoms with Crippen LogP contribution >= 0.6 is 0 Å². The quantitative estimate of drug-likeness (QED) is 0.726. The maximum atomic E-state index is 13.0. The predicted octanol–water partition coefficient (Wildman–Crippen LogP) is 1.58. The molecule has 1 aliphatic rings. The molecule has 0 saturated heterocycles. The molecule has 2 heterocycles. The lowest BCUT2D eigenvalue weighted by Gasteiger charge is -2.06. The van der Waals surface area contributed by atoms with Crippen molar-refractivity contribution in [1.29, 1.82) is 0 Å². The van der Waals surface area contributed by atoms with E-state index in [1.165, 1.54) is 22.6 Å². The van der Waals surface area contributed by atoms with Crippen molar-refractivity contribution in [2.75, 3.05) is 7.11 Å². The molecule has 134 valence electrons. The van der Waals surface area contributed by atoms with E-state index >= 15 is 0 Å². The van der Waals surface area contributed by atoms with E-state index < -0.39 is 5.69 Å². The predicted molar refractivity (Wildman–Crippen MR) is 93.2 cm³/mol. The molecule has 8 nitrogen and oxygen atoms in total. The van der Waals surface area contributed by atoms with Crippen molar-refractivity contribution in [3.05, 3.63) is 53.1 Å². The summed E-state index contributed by atoms with van der Waals surface area (Å²) >= 11 is 0.